The molecule has 2 aromatic rings. The Morgan fingerprint density at radius 2 is 2.10 bits per heavy atom. The molecule has 0 bridgehead atoms. The van der Waals surface area contributed by atoms with Crippen LogP contribution in [0.15, 0.2) is 42.6 Å². The Labute approximate surface area is 122 Å². The highest BCUT2D eigenvalue weighted by Crippen LogP contribution is 2.18. The molecular weight excluding hydrogens is 272 g/mol. The molecule has 0 saturated carbocycles. The molecule has 0 aliphatic heterocycles. The largest absolute Gasteiger partial charge is 0.482 e. The number of carboxylic acid groups (broad SMARTS) is 1. The minimum Gasteiger partial charge on any atom is -0.482 e. The summed E-state index contributed by atoms with van der Waals surface area (Å²) in [5, 5.41) is 11.3. The lowest BCUT2D eigenvalue weighted by Crippen LogP contribution is -2.16. The summed E-state index contributed by atoms with van der Waals surface area (Å²) < 4.78 is 6.90. The molecule has 0 fully saturated rings. The molecule has 0 saturated heterocycles. The molecular formula is C15H16N2O4. The molecule has 110 valence electrons. The molecule has 6 nitrogen and oxygen atoms in total. The number of nitrogens with zero attached hydrogens (tertiary/aromatic N) is 1. The highest BCUT2D eigenvalue weighted by Gasteiger charge is 2.10. The van der Waals surface area contributed by atoms with Crippen molar-refractivity contribution in [3.63, 3.8) is 0 Å². The molecule has 1 amide bonds. The Morgan fingerprint density at radius 3 is 2.81 bits per heavy atom. The molecule has 2 N–H and O–H groups in total. The Bertz CT molecular complexity index is 649. The standard InChI is InChI=1S/C15H16N2O4/c1-2-17-8-4-7-13(17)15(20)16-11-5-3-6-12(9-11)21-10-14(18)19/h3-9H,2,10H2,1H3,(H,16,20)(H,18,19). The summed E-state index contributed by atoms with van der Waals surface area (Å²) in [6.07, 6.45) is 1.83. The molecule has 0 spiro atoms. The van der Waals surface area contributed by atoms with E-state index in [9.17, 15) is 9.59 Å². The van der Waals surface area contributed by atoms with Crippen molar-refractivity contribution >= 4 is 17.6 Å². The van der Waals surface area contributed by atoms with Crippen molar-refractivity contribution in [2.75, 3.05) is 11.9 Å². The number of nitrogens with one attached hydrogen (secondary N) is 1. The first-order chi connectivity index (χ1) is 10.1. The van der Waals surface area contributed by atoms with Crippen molar-refractivity contribution in [1.29, 1.82) is 0 Å². The third-order valence-corrected chi connectivity index (χ3v) is 2.86. The summed E-state index contributed by atoms with van der Waals surface area (Å²) in [6, 6.07) is 10.2. The van der Waals surface area contributed by atoms with Gasteiger partial charge in [0.15, 0.2) is 6.61 Å². The Hall–Kier alpha value is -2.76. The van der Waals surface area contributed by atoms with Crippen LogP contribution in [0.3, 0.4) is 0 Å². The lowest BCUT2D eigenvalue weighted by molar-refractivity contribution is -0.139. The zero-order valence-corrected chi connectivity index (χ0v) is 11.6. The third-order valence-electron chi connectivity index (χ3n) is 2.86. The Balaban J connectivity index is 2.07. The summed E-state index contributed by atoms with van der Waals surface area (Å²) in [7, 11) is 0. The smallest absolute Gasteiger partial charge is 0.341 e. The minimum absolute atomic E-state index is 0.225. The van der Waals surface area contributed by atoms with Gasteiger partial charge in [0.2, 0.25) is 0 Å². The van der Waals surface area contributed by atoms with Gasteiger partial charge in [-0.05, 0) is 31.2 Å². The maximum Gasteiger partial charge on any atom is 0.341 e. The monoisotopic (exact) mass is 288 g/mol. The van der Waals surface area contributed by atoms with Crippen LogP contribution < -0.4 is 10.1 Å². The van der Waals surface area contributed by atoms with Gasteiger partial charge in [0, 0.05) is 24.5 Å². The number of aliphatic carboxylic acids is 1. The van der Waals surface area contributed by atoms with Crippen LogP contribution in [0.1, 0.15) is 17.4 Å². The zero-order valence-electron chi connectivity index (χ0n) is 11.6. The quantitative estimate of drug-likeness (QED) is 0.854. The fraction of sp³-hybridized carbons (Fsp3) is 0.200. The average Bonchev–Trinajstić information content (AvgIpc) is 2.94. The van der Waals surface area contributed by atoms with E-state index in [-0.39, 0.29) is 5.91 Å². The first-order valence-electron chi connectivity index (χ1n) is 6.51. The van der Waals surface area contributed by atoms with E-state index in [1.165, 1.54) is 0 Å². The number of ether oxygens (including phenoxy) is 1. The number of hydrogen-bond acceptors (Lipinski definition) is 3. The molecule has 1 aromatic carbocycles. The number of carboxylic acids is 1. The van der Waals surface area contributed by atoms with Crippen molar-refractivity contribution in [3.05, 3.63) is 48.3 Å². The van der Waals surface area contributed by atoms with Crippen molar-refractivity contribution < 1.29 is 19.4 Å². The van der Waals surface area contributed by atoms with Gasteiger partial charge in [0.25, 0.3) is 5.91 Å². The van der Waals surface area contributed by atoms with E-state index >= 15 is 0 Å². The fourth-order valence-corrected chi connectivity index (χ4v) is 1.90. The van der Waals surface area contributed by atoms with Crippen molar-refractivity contribution in [2.45, 2.75) is 13.5 Å². The second kappa shape index (κ2) is 6.60. The summed E-state index contributed by atoms with van der Waals surface area (Å²) in [5.74, 6) is -0.886. The van der Waals surface area contributed by atoms with Gasteiger partial charge in [-0.15, -0.1) is 0 Å². The number of rotatable bonds is 6. The summed E-state index contributed by atoms with van der Waals surface area (Å²) in [4.78, 5) is 22.6. The zero-order chi connectivity index (χ0) is 15.2. The van der Waals surface area contributed by atoms with Crippen molar-refractivity contribution in [3.8, 4) is 5.75 Å². The van der Waals surface area contributed by atoms with Gasteiger partial charge in [0.05, 0.1) is 0 Å². The molecule has 0 aliphatic carbocycles. The average molecular weight is 288 g/mol. The number of hydrogen-bond donors (Lipinski definition) is 2. The SMILES string of the molecule is CCn1cccc1C(=O)Nc1cccc(OCC(=O)O)c1. The van der Waals surface area contributed by atoms with E-state index in [1.54, 1.807) is 30.3 Å². The molecule has 1 aromatic heterocycles. The topological polar surface area (TPSA) is 80.6 Å². The van der Waals surface area contributed by atoms with Crippen molar-refractivity contribution in [1.82, 2.24) is 4.57 Å². The van der Waals surface area contributed by atoms with E-state index in [0.717, 1.165) is 0 Å². The van der Waals surface area contributed by atoms with E-state index in [0.29, 0.717) is 23.7 Å². The van der Waals surface area contributed by atoms with Gasteiger partial charge in [-0.2, -0.15) is 0 Å². The highest BCUT2D eigenvalue weighted by atomic mass is 16.5. The number of carbonyl (C=O) groups excluding carboxylic acids is 1. The predicted octanol–water partition coefficient (Wildman–Crippen LogP) is 2.22. The van der Waals surface area contributed by atoms with Crippen LogP contribution in [0, 0.1) is 0 Å². The Kier molecular flexibility index (Phi) is 4.61. The number of aromatic nitrogens is 1. The third kappa shape index (κ3) is 3.85. The van der Waals surface area contributed by atoms with Crippen LogP contribution >= 0.6 is 0 Å². The maximum absolute atomic E-state index is 12.2. The highest BCUT2D eigenvalue weighted by molar-refractivity contribution is 6.03. The molecule has 0 unspecified atom stereocenters. The van der Waals surface area contributed by atoms with E-state index < -0.39 is 12.6 Å². The van der Waals surface area contributed by atoms with Gasteiger partial charge in [-0.1, -0.05) is 6.07 Å². The fourth-order valence-electron chi connectivity index (χ4n) is 1.90. The lowest BCUT2D eigenvalue weighted by Gasteiger charge is -2.09. The first kappa shape index (κ1) is 14.6. The number of aryl methyl sites for hydroxylation is 1. The van der Waals surface area contributed by atoms with Gasteiger partial charge in [0.1, 0.15) is 11.4 Å². The van der Waals surface area contributed by atoms with Crippen LogP contribution in [0.2, 0.25) is 0 Å². The molecule has 21 heavy (non-hydrogen) atoms. The van der Waals surface area contributed by atoms with Gasteiger partial charge >= 0.3 is 5.97 Å². The van der Waals surface area contributed by atoms with Gasteiger partial charge < -0.3 is 19.7 Å². The summed E-state index contributed by atoms with van der Waals surface area (Å²) in [6.45, 7) is 2.24. The van der Waals surface area contributed by atoms with Gasteiger partial charge in [-0.25, -0.2) is 4.79 Å². The second-order valence-electron chi connectivity index (χ2n) is 4.34. The van der Waals surface area contributed by atoms with E-state index in [1.807, 2.05) is 23.8 Å². The predicted molar refractivity (Wildman–Crippen MR) is 77.6 cm³/mol. The first-order valence-corrected chi connectivity index (χ1v) is 6.51. The van der Waals surface area contributed by atoms with Crippen LogP contribution in [0.4, 0.5) is 5.69 Å². The molecule has 0 radical (unpaired) electrons. The normalized spacial score (nSPS) is 10.1. The number of carbonyl (C=O) groups is 2. The molecule has 0 aliphatic rings. The number of amides is 1. The molecule has 1 heterocycles. The van der Waals surface area contributed by atoms with Crippen LogP contribution in [-0.4, -0.2) is 28.2 Å². The summed E-state index contributed by atoms with van der Waals surface area (Å²) in [5.41, 5.74) is 1.11. The number of benzene rings is 1. The van der Waals surface area contributed by atoms with Crippen LogP contribution in [0.25, 0.3) is 0 Å². The summed E-state index contributed by atoms with van der Waals surface area (Å²) >= 11 is 0. The van der Waals surface area contributed by atoms with Crippen LogP contribution in [-0.2, 0) is 11.3 Å². The second-order valence-corrected chi connectivity index (χ2v) is 4.34. The maximum atomic E-state index is 12.2. The van der Waals surface area contributed by atoms with Crippen LogP contribution in [0.5, 0.6) is 5.75 Å². The van der Waals surface area contributed by atoms with E-state index in [2.05, 4.69) is 5.32 Å². The number of anilines is 1. The van der Waals surface area contributed by atoms with E-state index in [4.69, 9.17) is 9.84 Å². The van der Waals surface area contributed by atoms with Crippen molar-refractivity contribution in [2.24, 2.45) is 0 Å². The molecule has 6 heteroatoms. The lowest BCUT2D eigenvalue weighted by atomic mass is 10.3. The molecule has 2 rings (SSSR count). The molecule has 0 atom stereocenters. The Morgan fingerprint density at radius 1 is 1.29 bits per heavy atom. The minimum atomic E-state index is -1.05. The van der Waals surface area contributed by atoms with Gasteiger partial charge in [-0.3, -0.25) is 4.79 Å².